The van der Waals surface area contributed by atoms with E-state index >= 15 is 0 Å². The Morgan fingerprint density at radius 2 is 1.58 bits per heavy atom. The first-order valence-electron chi connectivity index (χ1n) is 5.94. The molecular formula is C15H15F2NO. The average molecular weight is 263 g/mol. The van der Waals surface area contributed by atoms with E-state index in [1.54, 1.807) is 61.7 Å². The van der Waals surface area contributed by atoms with Gasteiger partial charge in [0.1, 0.15) is 11.8 Å². The Kier molecular flexibility index (Phi) is 4.34. The van der Waals surface area contributed by atoms with Gasteiger partial charge in [0, 0.05) is 5.69 Å². The smallest absolute Gasteiger partial charge is 0.262 e. The highest BCUT2D eigenvalue weighted by Gasteiger charge is 2.21. The summed E-state index contributed by atoms with van der Waals surface area (Å²) in [5.74, 6) is 0.693. The second kappa shape index (κ2) is 6.18. The number of hydrogen-bond donors (Lipinski definition) is 1. The third kappa shape index (κ3) is 3.44. The van der Waals surface area contributed by atoms with Crippen LogP contribution in [-0.4, -0.2) is 13.5 Å². The van der Waals surface area contributed by atoms with Gasteiger partial charge in [-0.25, -0.2) is 8.78 Å². The fraction of sp³-hybridized carbons (Fsp3) is 0.200. The maximum atomic E-state index is 13.1. The number of alkyl halides is 2. The topological polar surface area (TPSA) is 21.3 Å². The monoisotopic (exact) mass is 263 g/mol. The quantitative estimate of drug-likeness (QED) is 0.876. The molecule has 1 unspecified atom stereocenters. The molecule has 19 heavy (non-hydrogen) atoms. The Bertz CT molecular complexity index is 499. The molecule has 0 aliphatic heterocycles. The van der Waals surface area contributed by atoms with Crippen LogP contribution in [0.2, 0.25) is 0 Å². The number of ether oxygens (including phenoxy) is 1. The highest BCUT2D eigenvalue weighted by molar-refractivity contribution is 5.48. The van der Waals surface area contributed by atoms with Crippen molar-refractivity contribution in [2.24, 2.45) is 0 Å². The Hall–Kier alpha value is -2.10. The van der Waals surface area contributed by atoms with Gasteiger partial charge in [-0.3, -0.25) is 0 Å². The van der Waals surface area contributed by atoms with E-state index in [0.29, 0.717) is 17.0 Å². The lowest BCUT2D eigenvalue weighted by Gasteiger charge is -2.19. The molecule has 2 aromatic rings. The molecule has 1 N–H and O–H groups in total. The van der Waals surface area contributed by atoms with E-state index in [4.69, 9.17) is 4.74 Å². The highest BCUT2D eigenvalue weighted by Crippen LogP contribution is 2.26. The van der Waals surface area contributed by atoms with Gasteiger partial charge in [-0.05, 0) is 29.8 Å². The lowest BCUT2D eigenvalue weighted by molar-refractivity contribution is 0.124. The molecule has 0 spiro atoms. The third-order valence-electron chi connectivity index (χ3n) is 2.82. The van der Waals surface area contributed by atoms with Gasteiger partial charge in [0.25, 0.3) is 6.43 Å². The van der Waals surface area contributed by atoms with Crippen LogP contribution in [0.5, 0.6) is 5.75 Å². The molecule has 100 valence electrons. The minimum Gasteiger partial charge on any atom is -0.497 e. The maximum Gasteiger partial charge on any atom is 0.262 e. The van der Waals surface area contributed by atoms with Gasteiger partial charge in [-0.1, -0.05) is 30.3 Å². The van der Waals surface area contributed by atoms with Crippen molar-refractivity contribution >= 4 is 5.69 Å². The van der Waals surface area contributed by atoms with Crippen LogP contribution in [0.4, 0.5) is 14.5 Å². The molecule has 0 amide bonds. The SMILES string of the molecule is COc1ccc(NC(c2ccccc2)C(F)F)cc1. The summed E-state index contributed by atoms with van der Waals surface area (Å²) >= 11 is 0. The van der Waals surface area contributed by atoms with Crippen LogP contribution in [0.3, 0.4) is 0 Å². The van der Waals surface area contributed by atoms with Crippen molar-refractivity contribution in [3.63, 3.8) is 0 Å². The molecule has 2 aromatic carbocycles. The van der Waals surface area contributed by atoms with E-state index in [-0.39, 0.29) is 0 Å². The lowest BCUT2D eigenvalue weighted by atomic mass is 10.1. The van der Waals surface area contributed by atoms with Crippen LogP contribution in [0, 0.1) is 0 Å². The predicted octanol–water partition coefficient (Wildman–Crippen LogP) is 4.11. The van der Waals surface area contributed by atoms with Gasteiger partial charge in [0.15, 0.2) is 0 Å². The molecule has 2 nitrogen and oxygen atoms in total. The van der Waals surface area contributed by atoms with Crippen LogP contribution in [0.25, 0.3) is 0 Å². The summed E-state index contributed by atoms with van der Waals surface area (Å²) in [7, 11) is 1.56. The van der Waals surface area contributed by atoms with Gasteiger partial charge in [0.05, 0.1) is 7.11 Å². The average Bonchev–Trinajstić information content (AvgIpc) is 2.46. The fourth-order valence-electron chi connectivity index (χ4n) is 1.82. The molecule has 0 heterocycles. The number of hydrogen-bond acceptors (Lipinski definition) is 2. The number of methoxy groups -OCH3 is 1. The summed E-state index contributed by atoms with van der Waals surface area (Å²) < 4.78 is 31.3. The Labute approximate surface area is 111 Å². The van der Waals surface area contributed by atoms with Crippen molar-refractivity contribution in [2.75, 3.05) is 12.4 Å². The lowest BCUT2D eigenvalue weighted by Crippen LogP contribution is -2.18. The van der Waals surface area contributed by atoms with E-state index in [0.717, 1.165) is 0 Å². The largest absolute Gasteiger partial charge is 0.497 e. The molecule has 0 saturated heterocycles. The summed E-state index contributed by atoms with van der Waals surface area (Å²) in [4.78, 5) is 0. The number of rotatable bonds is 5. The maximum absolute atomic E-state index is 13.1. The highest BCUT2D eigenvalue weighted by atomic mass is 19.3. The number of halogens is 2. The molecule has 0 aromatic heterocycles. The summed E-state index contributed by atoms with van der Waals surface area (Å²) in [5, 5.41) is 2.84. The van der Waals surface area contributed by atoms with Crippen molar-refractivity contribution in [1.82, 2.24) is 0 Å². The van der Waals surface area contributed by atoms with Gasteiger partial charge < -0.3 is 10.1 Å². The number of nitrogens with one attached hydrogen (secondary N) is 1. The van der Waals surface area contributed by atoms with Crippen molar-refractivity contribution < 1.29 is 13.5 Å². The van der Waals surface area contributed by atoms with Crippen LogP contribution < -0.4 is 10.1 Å². The summed E-state index contributed by atoms with van der Waals surface area (Å²) in [5.41, 5.74) is 1.20. The minimum atomic E-state index is -2.48. The molecule has 0 fully saturated rings. The van der Waals surface area contributed by atoms with Crippen LogP contribution in [0.15, 0.2) is 54.6 Å². The van der Waals surface area contributed by atoms with Crippen molar-refractivity contribution in [1.29, 1.82) is 0 Å². The van der Waals surface area contributed by atoms with Crippen LogP contribution >= 0.6 is 0 Å². The first-order valence-corrected chi connectivity index (χ1v) is 5.94. The Balaban J connectivity index is 2.17. The molecular weight excluding hydrogens is 248 g/mol. The van der Waals surface area contributed by atoms with Gasteiger partial charge in [-0.15, -0.1) is 0 Å². The van der Waals surface area contributed by atoms with Crippen LogP contribution in [-0.2, 0) is 0 Å². The second-order valence-electron chi connectivity index (χ2n) is 4.10. The molecule has 1 atom stereocenters. The number of benzene rings is 2. The molecule has 0 bridgehead atoms. The molecule has 0 saturated carbocycles. The van der Waals surface area contributed by atoms with Gasteiger partial charge in [0.2, 0.25) is 0 Å². The van der Waals surface area contributed by atoms with Crippen molar-refractivity contribution in [2.45, 2.75) is 12.5 Å². The molecule has 0 aliphatic rings. The van der Waals surface area contributed by atoms with Crippen molar-refractivity contribution in [3.8, 4) is 5.75 Å². The van der Waals surface area contributed by atoms with Crippen molar-refractivity contribution in [3.05, 3.63) is 60.2 Å². The molecule has 4 heteroatoms. The zero-order valence-corrected chi connectivity index (χ0v) is 10.5. The van der Waals surface area contributed by atoms with Gasteiger partial charge in [-0.2, -0.15) is 0 Å². The van der Waals surface area contributed by atoms with E-state index in [1.807, 2.05) is 0 Å². The normalized spacial score (nSPS) is 12.2. The standard InChI is InChI=1S/C15H15F2NO/c1-19-13-9-7-12(8-10-13)18-14(15(16)17)11-5-3-2-4-6-11/h2-10,14-15,18H,1H3. The van der Waals surface area contributed by atoms with Gasteiger partial charge >= 0.3 is 0 Å². The minimum absolute atomic E-state index is 0.563. The zero-order valence-electron chi connectivity index (χ0n) is 10.5. The second-order valence-corrected chi connectivity index (χ2v) is 4.10. The molecule has 2 rings (SSSR count). The van der Waals surface area contributed by atoms with E-state index < -0.39 is 12.5 Å². The Morgan fingerprint density at radius 3 is 2.11 bits per heavy atom. The van der Waals surface area contributed by atoms with E-state index in [2.05, 4.69) is 5.32 Å². The first kappa shape index (κ1) is 13.3. The number of anilines is 1. The Morgan fingerprint density at radius 1 is 0.947 bits per heavy atom. The summed E-state index contributed by atoms with van der Waals surface area (Å²) in [6.07, 6.45) is -2.48. The molecule has 0 aliphatic carbocycles. The van der Waals surface area contributed by atoms with Crippen LogP contribution in [0.1, 0.15) is 11.6 Å². The third-order valence-corrected chi connectivity index (χ3v) is 2.82. The summed E-state index contributed by atoms with van der Waals surface area (Å²) in [6.45, 7) is 0. The zero-order chi connectivity index (χ0) is 13.7. The summed E-state index contributed by atoms with van der Waals surface area (Å²) in [6, 6.07) is 14.6. The first-order chi connectivity index (χ1) is 9.20. The van der Waals surface area contributed by atoms with E-state index in [1.165, 1.54) is 0 Å². The van der Waals surface area contributed by atoms with E-state index in [9.17, 15) is 8.78 Å². The fourth-order valence-corrected chi connectivity index (χ4v) is 1.82. The molecule has 0 radical (unpaired) electrons. The predicted molar refractivity (Wildman–Crippen MR) is 71.8 cm³/mol.